The van der Waals surface area contributed by atoms with E-state index in [1.807, 2.05) is 13.0 Å². The quantitative estimate of drug-likeness (QED) is 0.388. The Hall–Kier alpha value is -2.28. The number of carbonyl (C=O) groups is 1. The van der Waals surface area contributed by atoms with Gasteiger partial charge in [0.25, 0.3) is 0 Å². The number of methoxy groups -OCH3 is 1. The summed E-state index contributed by atoms with van der Waals surface area (Å²) in [5, 5.41) is 3.46. The number of nitrogens with zero attached hydrogens (tertiary/aromatic N) is 3. The number of guanidine groups is 1. The zero-order valence-electron chi connectivity index (χ0n) is 19.3. The first-order valence-electron chi connectivity index (χ1n) is 11.7. The number of ether oxygens (including phenoxy) is 2. The van der Waals surface area contributed by atoms with E-state index in [4.69, 9.17) is 14.5 Å². The lowest BCUT2D eigenvalue weighted by atomic mass is 9.97. The number of piperidine rings is 1. The number of rotatable bonds is 8. The maximum Gasteiger partial charge on any atom is 0.309 e. The molecule has 7 nitrogen and oxygen atoms in total. The Labute approximate surface area is 186 Å². The lowest BCUT2D eigenvalue weighted by molar-refractivity contribution is -0.149. The molecular formula is C24H38N4O3. The highest BCUT2D eigenvalue weighted by atomic mass is 16.5. The van der Waals surface area contributed by atoms with Gasteiger partial charge < -0.3 is 19.7 Å². The van der Waals surface area contributed by atoms with Gasteiger partial charge in [-0.05, 0) is 70.3 Å². The van der Waals surface area contributed by atoms with Crippen molar-refractivity contribution in [3.05, 3.63) is 29.8 Å². The Kier molecular flexibility index (Phi) is 9.00. The smallest absolute Gasteiger partial charge is 0.309 e. The monoisotopic (exact) mass is 430 g/mol. The second kappa shape index (κ2) is 11.9. The Morgan fingerprint density at radius 1 is 1.19 bits per heavy atom. The highest BCUT2D eigenvalue weighted by Gasteiger charge is 2.28. The van der Waals surface area contributed by atoms with Crippen LogP contribution in [-0.2, 0) is 9.53 Å². The molecule has 7 heteroatoms. The van der Waals surface area contributed by atoms with Crippen molar-refractivity contribution in [2.24, 2.45) is 10.9 Å². The molecule has 2 aliphatic rings. The van der Waals surface area contributed by atoms with E-state index in [1.54, 1.807) is 7.11 Å². The number of likely N-dealkylation sites (tertiary alicyclic amines) is 2. The molecule has 0 aliphatic carbocycles. The van der Waals surface area contributed by atoms with E-state index in [2.05, 4.69) is 40.2 Å². The number of hydrogen-bond acceptors (Lipinski definition) is 5. The van der Waals surface area contributed by atoms with Crippen LogP contribution in [0.25, 0.3) is 0 Å². The molecule has 2 heterocycles. The highest BCUT2D eigenvalue weighted by molar-refractivity contribution is 5.80. The van der Waals surface area contributed by atoms with Gasteiger partial charge in [0.15, 0.2) is 5.96 Å². The molecule has 0 radical (unpaired) electrons. The molecule has 1 aromatic rings. The largest absolute Gasteiger partial charge is 0.497 e. The predicted molar refractivity (Wildman–Crippen MR) is 123 cm³/mol. The van der Waals surface area contributed by atoms with E-state index in [9.17, 15) is 4.79 Å². The van der Waals surface area contributed by atoms with Crippen LogP contribution in [0.1, 0.15) is 51.1 Å². The lowest BCUT2D eigenvalue weighted by Crippen LogP contribution is -2.47. The first-order valence-corrected chi connectivity index (χ1v) is 11.7. The third kappa shape index (κ3) is 6.35. The first-order chi connectivity index (χ1) is 15.2. The van der Waals surface area contributed by atoms with Crippen LogP contribution in [0, 0.1) is 5.92 Å². The van der Waals surface area contributed by atoms with Crippen molar-refractivity contribution >= 4 is 11.9 Å². The van der Waals surface area contributed by atoms with Gasteiger partial charge in [-0.1, -0.05) is 12.1 Å². The number of nitrogens with one attached hydrogen (secondary N) is 1. The minimum atomic E-state index is -0.0591. The van der Waals surface area contributed by atoms with Crippen molar-refractivity contribution in [1.29, 1.82) is 0 Å². The molecular weight excluding hydrogens is 392 g/mol. The fraction of sp³-hybridized carbons (Fsp3) is 0.667. The number of aliphatic imine (C=N–C) groups is 1. The van der Waals surface area contributed by atoms with Gasteiger partial charge in [-0.15, -0.1) is 0 Å². The molecule has 2 saturated heterocycles. The minimum absolute atomic E-state index is 0.00760. The predicted octanol–water partition coefficient (Wildman–Crippen LogP) is 3.07. The second-order valence-corrected chi connectivity index (χ2v) is 8.24. The third-order valence-electron chi connectivity index (χ3n) is 6.22. The fourth-order valence-corrected chi connectivity index (χ4v) is 4.52. The van der Waals surface area contributed by atoms with Crippen LogP contribution in [0.5, 0.6) is 5.75 Å². The average molecular weight is 431 g/mol. The Balaban J connectivity index is 1.71. The SMILES string of the molecule is CCNC(=NCC(c1cccc(OC)c1)N1CCCC1)N1CCC(C(=O)OCC)CC1. The first kappa shape index (κ1) is 23.4. The standard InChI is InChI=1S/C24H38N4O3/c1-4-25-24(28-15-11-19(12-16-28)23(29)31-5-2)26-18-22(27-13-6-7-14-27)20-9-8-10-21(17-20)30-3/h8-10,17,19,22H,4-7,11-16,18H2,1-3H3,(H,25,26). The average Bonchev–Trinajstić information content (AvgIpc) is 3.33. The van der Waals surface area contributed by atoms with Crippen LogP contribution in [0.15, 0.2) is 29.3 Å². The van der Waals surface area contributed by atoms with Gasteiger partial charge in [-0.3, -0.25) is 14.7 Å². The van der Waals surface area contributed by atoms with E-state index >= 15 is 0 Å². The summed E-state index contributed by atoms with van der Waals surface area (Å²) in [6, 6.07) is 8.61. The molecule has 31 heavy (non-hydrogen) atoms. The minimum Gasteiger partial charge on any atom is -0.497 e. The van der Waals surface area contributed by atoms with E-state index in [0.717, 1.165) is 57.3 Å². The third-order valence-corrected chi connectivity index (χ3v) is 6.22. The number of hydrogen-bond donors (Lipinski definition) is 1. The van der Waals surface area contributed by atoms with Crippen molar-refractivity contribution < 1.29 is 14.3 Å². The van der Waals surface area contributed by atoms with Crippen molar-refractivity contribution in [3.63, 3.8) is 0 Å². The Morgan fingerprint density at radius 2 is 1.94 bits per heavy atom. The van der Waals surface area contributed by atoms with Gasteiger partial charge in [0, 0.05) is 19.6 Å². The van der Waals surface area contributed by atoms with Gasteiger partial charge in [0.2, 0.25) is 0 Å². The summed E-state index contributed by atoms with van der Waals surface area (Å²) in [6.45, 7) is 9.80. The fourth-order valence-electron chi connectivity index (χ4n) is 4.52. The van der Waals surface area contributed by atoms with Crippen molar-refractivity contribution in [2.75, 3.05) is 53.0 Å². The molecule has 2 fully saturated rings. The van der Waals surface area contributed by atoms with Crippen LogP contribution in [-0.4, -0.2) is 74.7 Å². The maximum absolute atomic E-state index is 12.1. The molecule has 3 rings (SSSR count). The summed E-state index contributed by atoms with van der Waals surface area (Å²) in [5.74, 6) is 1.78. The Morgan fingerprint density at radius 3 is 2.58 bits per heavy atom. The molecule has 0 saturated carbocycles. The molecule has 0 bridgehead atoms. The van der Waals surface area contributed by atoms with E-state index in [0.29, 0.717) is 13.2 Å². The van der Waals surface area contributed by atoms with Crippen LogP contribution in [0.3, 0.4) is 0 Å². The summed E-state index contributed by atoms with van der Waals surface area (Å²) in [7, 11) is 1.71. The lowest BCUT2D eigenvalue weighted by Gasteiger charge is -2.34. The molecule has 0 aromatic heterocycles. The number of benzene rings is 1. The normalized spacial score (nSPS) is 19.3. The maximum atomic E-state index is 12.1. The molecule has 2 aliphatic heterocycles. The highest BCUT2D eigenvalue weighted by Crippen LogP contribution is 2.28. The van der Waals surface area contributed by atoms with E-state index < -0.39 is 0 Å². The van der Waals surface area contributed by atoms with Gasteiger partial charge >= 0.3 is 5.97 Å². The zero-order chi connectivity index (χ0) is 22.1. The summed E-state index contributed by atoms with van der Waals surface area (Å²) >= 11 is 0. The molecule has 1 N–H and O–H groups in total. The summed E-state index contributed by atoms with van der Waals surface area (Å²) in [5.41, 5.74) is 1.25. The molecule has 0 amide bonds. The zero-order valence-corrected chi connectivity index (χ0v) is 19.3. The van der Waals surface area contributed by atoms with Crippen LogP contribution in [0.2, 0.25) is 0 Å². The van der Waals surface area contributed by atoms with Gasteiger partial charge in [0.05, 0.1) is 32.2 Å². The summed E-state index contributed by atoms with van der Waals surface area (Å²) < 4.78 is 10.7. The number of carbonyl (C=O) groups excluding carboxylic acids is 1. The van der Waals surface area contributed by atoms with Crippen LogP contribution in [0.4, 0.5) is 0 Å². The van der Waals surface area contributed by atoms with Crippen molar-refractivity contribution in [1.82, 2.24) is 15.1 Å². The molecule has 1 unspecified atom stereocenters. The molecule has 0 spiro atoms. The molecule has 1 aromatic carbocycles. The van der Waals surface area contributed by atoms with Crippen LogP contribution < -0.4 is 10.1 Å². The molecule has 1 atom stereocenters. The Bertz CT molecular complexity index is 725. The van der Waals surface area contributed by atoms with Gasteiger partial charge in [-0.25, -0.2) is 0 Å². The van der Waals surface area contributed by atoms with E-state index in [1.165, 1.54) is 18.4 Å². The number of esters is 1. The summed E-state index contributed by atoms with van der Waals surface area (Å²) in [6.07, 6.45) is 4.11. The molecule has 172 valence electrons. The van der Waals surface area contributed by atoms with Crippen LogP contribution >= 0.6 is 0 Å². The van der Waals surface area contributed by atoms with Crippen molar-refractivity contribution in [3.8, 4) is 5.75 Å². The van der Waals surface area contributed by atoms with Gasteiger partial charge in [-0.2, -0.15) is 0 Å². The van der Waals surface area contributed by atoms with Crippen molar-refractivity contribution in [2.45, 2.75) is 45.6 Å². The summed E-state index contributed by atoms with van der Waals surface area (Å²) in [4.78, 5) is 21.9. The topological polar surface area (TPSA) is 66.4 Å². The second-order valence-electron chi connectivity index (χ2n) is 8.24. The van der Waals surface area contributed by atoms with E-state index in [-0.39, 0.29) is 17.9 Å². The van der Waals surface area contributed by atoms with Gasteiger partial charge in [0.1, 0.15) is 5.75 Å².